The summed E-state index contributed by atoms with van der Waals surface area (Å²) in [6.45, 7) is 1.40. The molecule has 0 aliphatic rings. The van der Waals surface area contributed by atoms with E-state index in [4.69, 9.17) is 4.74 Å². The van der Waals surface area contributed by atoms with Gasteiger partial charge < -0.3 is 19.9 Å². The van der Waals surface area contributed by atoms with Crippen LogP contribution in [0, 0.1) is 11.8 Å². The first-order valence-corrected chi connectivity index (χ1v) is 7.39. The number of carbonyl (C=O) groups is 1. The SMILES string of the molecule is COc1cccc(CNCC(CC(C)C)C(=O)O)c1OC(F)F. The number of para-hydroxylation sites is 1. The Morgan fingerprint density at radius 1 is 1.35 bits per heavy atom. The summed E-state index contributed by atoms with van der Waals surface area (Å²) in [4.78, 5) is 11.2. The number of benzene rings is 1. The molecule has 0 spiro atoms. The molecule has 1 unspecified atom stereocenters. The molecule has 0 aromatic heterocycles. The molecule has 0 saturated carbocycles. The fourth-order valence-corrected chi connectivity index (χ4v) is 2.31. The van der Waals surface area contributed by atoms with Gasteiger partial charge in [-0.1, -0.05) is 26.0 Å². The Morgan fingerprint density at radius 2 is 2.04 bits per heavy atom. The van der Waals surface area contributed by atoms with Gasteiger partial charge in [-0.2, -0.15) is 8.78 Å². The van der Waals surface area contributed by atoms with E-state index >= 15 is 0 Å². The Hall–Kier alpha value is -1.89. The minimum atomic E-state index is -2.96. The highest BCUT2D eigenvalue weighted by atomic mass is 19.3. The predicted octanol–water partition coefficient (Wildman–Crippen LogP) is 3.13. The summed E-state index contributed by atoms with van der Waals surface area (Å²) in [5.74, 6) is -0.969. The van der Waals surface area contributed by atoms with Crippen molar-refractivity contribution in [3.63, 3.8) is 0 Å². The summed E-state index contributed by atoms with van der Waals surface area (Å²) in [6.07, 6.45) is 0.542. The van der Waals surface area contributed by atoms with Crippen LogP contribution < -0.4 is 14.8 Å². The molecule has 0 bridgehead atoms. The number of carboxylic acids is 1. The normalized spacial score (nSPS) is 12.5. The Bertz CT molecular complexity index is 509. The predicted molar refractivity (Wildman–Crippen MR) is 81.9 cm³/mol. The molecule has 0 radical (unpaired) electrons. The second kappa shape index (κ2) is 9.29. The molecule has 1 aromatic rings. The van der Waals surface area contributed by atoms with Crippen molar-refractivity contribution in [3.8, 4) is 11.5 Å². The van der Waals surface area contributed by atoms with Gasteiger partial charge in [0.25, 0.3) is 0 Å². The molecule has 0 amide bonds. The number of ether oxygens (including phenoxy) is 2. The van der Waals surface area contributed by atoms with Crippen molar-refractivity contribution < 1.29 is 28.2 Å². The van der Waals surface area contributed by atoms with Crippen molar-refractivity contribution in [1.82, 2.24) is 5.32 Å². The number of carboxylic acid groups (broad SMARTS) is 1. The molecule has 1 rings (SSSR count). The molecule has 23 heavy (non-hydrogen) atoms. The molecule has 0 saturated heterocycles. The van der Waals surface area contributed by atoms with E-state index in [-0.39, 0.29) is 30.5 Å². The maximum Gasteiger partial charge on any atom is 0.387 e. The van der Waals surface area contributed by atoms with Gasteiger partial charge in [-0.3, -0.25) is 4.79 Å². The maximum absolute atomic E-state index is 12.5. The molecule has 0 heterocycles. The van der Waals surface area contributed by atoms with Gasteiger partial charge in [0.2, 0.25) is 0 Å². The third-order valence-corrected chi connectivity index (χ3v) is 3.30. The number of rotatable bonds is 10. The first-order chi connectivity index (χ1) is 10.8. The Balaban J connectivity index is 2.74. The van der Waals surface area contributed by atoms with E-state index in [1.807, 2.05) is 13.8 Å². The number of alkyl halides is 2. The third-order valence-electron chi connectivity index (χ3n) is 3.30. The molecular weight excluding hydrogens is 308 g/mol. The molecular formula is C16H23F2NO4. The van der Waals surface area contributed by atoms with Crippen LogP contribution in [0.3, 0.4) is 0 Å². The van der Waals surface area contributed by atoms with E-state index in [9.17, 15) is 18.7 Å². The molecule has 7 heteroatoms. The number of halogens is 2. The van der Waals surface area contributed by atoms with Crippen LogP contribution in [0.15, 0.2) is 18.2 Å². The van der Waals surface area contributed by atoms with Gasteiger partial charge >= 0.3 is 12.6 Å². The van der Waals surface area contributed by atoms with E-state index < -0.39 is 18.5 Å². The Kier molecular flexibility index (Phi) is 7.74. The highest BCUT2D eigenvalue weighted by Crippen LogP contribution is 2.32. The van der Waals surface area contributed by atoms with E-state index in [1.54, 1.807) is 12.1 Å². The number of aliphatic carboxylic acids is 1. The summed E-state index contributed by atoms with van der Waals surface area (Å²) in [5.41, 5.74) is 0.485. The number of hydrogen-bond donors (Lipinski definition) is 2. The fraction of sp³-hybridized carbons (Fsp3) is 0.562. The van der Waals surface area contributed by atoms with E-state index in [0.717, 1.165) is 0 Å². The largest absolute Gasteiger partial charge is 0.493 e. The minimum Gasteiger partial charge on any atom is -0.493 e. The number of hydrogen-bond acceptors (Lipinski definition) is 4. The lowest BCUT2D eigenvalue weighted by Crippen LogP contribution is -2.29. The lowest BCUT2D eigenvalue weighted by Gasteiger charge is -2.17. The van der Waals surface area contributed by atoms with Crippen molar-refractivity contribution in [2.24, 2.45) is 11.8 Å². The van der Waals surface area contributed by atoms with Gasteiger partial charge in [-0.05, 0) is 18.4 Å². The first kappa shape index (κ1) is 19.2. The smallest absolute Gasteiger partial charge is 0.387 e. The molecule has 0 fully saturated rings. The average molecular weight is 331 g/mol. The fourth-order valence-electron chi connectivity index (χ4n) is 2.31. The topological polar surface area (TPSA) is 67.8 Å². The second-order valence-corrected chi connectivity index (χ2v) is 5.62. The summed E-state index contributed by atoms with van der Waals surface area (Å²) in [7, 11) is 1.37. The lowest BCUT2D eigenvalue weighted by atomic mass is 9.97. The molecule has 1 aromatic carbocycles. The quantitative estimate of drug-likeness (QED) is 0.689. The monoisotopic (exact) mass is 331 g/mol. The van der Waals surface area contributed by atoms with E-state index in [1.165, 1.54) is 13.2 Å². The molecule has 130 valence electrons. The van der Waals surface area contributed by atoms with Crippen LogP contribution in [-0.4, -0.2) is 31.3 Å². The van der Waals surface area contributed by atoms with E-state index in [2.05, 4.69) is 10.1 Å². The summed E-state index contributed by atoms with van der Waals surface area (Å²) < 4.78 is 34.6. The van der Waals surface area contributed by atoms with Crippen molar-refractivity contribution in [2.75, 3.05) is 13.7 Å². The van der Waals surface area contributed by atoms with Crippen LogP contribution in [0.2, 0.25) is 0 Å². The van der Waals surface area contributed by atoms with E-state index in [0.29, 0.717) is 12.0 Å². The molecule has 0 aliphatic carbocycles. The van der Waals surface area contributed by atoms with Crippen molar-refractivity contribution in [1.29, 1.82) is 0 Å². The highest BCUT2D eigenvalue weighted by molar-refractivity contribution is 5.70. The number of nitrogens with one attached hydrogen (secondary N) is 1. The Morgan fingerprint density at radius 3 is 2.57 bits per heavy atom. The van der Waals surface area contributed by atoms with Crippen LogP contribution in [0.25, 0.3) is 0 Å². The first-order valence-electron chi connectivity index (χ1n) is 7.39. The van der Waals surface area contributed by atoms with Gasteiger partial charge in [-0.25, -0.2) is 0 Å². The highest BCUT2D eigenvalue weighted by Gasteiger charge is 2.19. The van der Waals surface area contributed by atoms with Crippen LogP contribution in [0.4, 0.5) is 8.78 Å². The number of methoxy groups -OCH3 is 1. The summed E-state index contributed by atoms with van der Waals surface area (Å²) >= 11 is 0. The van der Waals surface area contributed by atoms with Crippen LogP contribution in [0.1, 0.15) is 25.8 Å². The lowest BCUT2D eigenvalue weighted by molar-refractivity contribution is -0.142. The zero-order valence-electron chi connectivity index (χ0n) is 13.5. The minimum absolute atomic E-state index is 0.0340. The zero-order valence-corrected chi connectivity index (χ0v) is 13.5. The van der Waals surface area contributed by atoms with Gasteiger partial charge in [0.05, 0.1) is 13.0 Å². The van der Waals surface area contributed by atoms with Gasteiger partial charge in [-0.15, -0.1) is 0 Å². The summed E-state index contributed by atoms with van der Waals surface area (Å²) in [6, 6.07) is 4.82. The second-order valence-electron chi connectivity index (χ2n) is 5.62. The average Bonchev–Trinajstić information content (AvgIpc) is 2.46. The zero-order chi connectivity index (χ0) is 17.4. The Labute approximate surface area is 134 Å². The van der Waals surface area contributed by atoms with Crippen molar-refractivity contribution in [2.45, 2.75) is 33.4 Å². The van der Waals surface area contributed by atoms with Crippen LogP contribution >= 0.6 is 0 Å². The third kappa shape index (κ3) is 6.40. The van der Waals surface area contributed by atoms with Crippen molar-refractivity contribution in [3.05, 3.63) is 23.8 Å². The summed E-state index contributed by atoms with van der Waals surface area (Å²) in [5, 5.41) is 12.2. The van der Waals surface area contributed by atoms with Crippen molar-refractivity contribution >= 4 is 5.97 Å². The maximum atomic E-state index is 12.5. The van der Waals surface area contributed by atoms with Gasteiger partial charge in [0, 0.05) is 18.7 Å². The molecule has 1 atom stereocenters. The van der Waals surface area contributed by atoms with Gasteiger partial charge in [0.15, 0.2) is 11.5 Å². The van der Waals surface area contributed by atoms with Crippen LogP contribution in [0.5, 0.6) is 11.5 Å². The van der Waals surface area contributed by atoms with Crippen LogP contribution in [-0.2, 0) is 11.3 Å². The standard InChI is InChI=1S/C16H23F2NO4/c1-10(2)7-12(15(20)21)9-19-8-11-5-4-6-13(22-3)14(11)23-16(17)18/h4-6,10,12,16,19H,7-9H2,1-3H3,(H,20,21). The molecule has 2 N–H and O–H groups in total. The van der Waals surface area contributed by atoms with Gasteiger partial charge in [0.1, 0.15) is 0 Å². The molecule has 5 nitrogen and oxygen atoms in total. The molecule has 0 aliphatic heterocycles.